The van der Waals surface area contributed by atoms with Gasteiger partial charge in [0.2, 0.25) is 0 Å². The average molecular weight is 268 g/mol. The van der Waals surface area contributed by atoms with Crippen LogP contribution in [0.1, 0.15) is 24.2 Å². The Labute approximate surface area is 111 Å². The maximum atomic E-state index is 13.4. The van der Waals surface area contributed by atoms with Crippen molar-refractivity contribution in [2.75, 3.05) is 6.54 Å². The molecule has 1 N–H and O–H groups in total. The van der Waals surface area contributed by atoms with Gasteiger partial charge in [-0.1, -0.05) is 18.5 Å². The minimum Gasteiger partial charge on any atom is -0.305 e. The molecule has 0 aliphatic rings. The minimum absolute atomic E-state index is 0.195. The smallest absolute Gasteiger partial charge is 0.123 e. The van der Waals surface area contributed by atoms with E-state index in [1.165, 1.54) is 12.1 Å². The summed E-state index contributed by atoms with van der Waals surface area (Å²) < 4.78 is 15.1. The summed E-state index contributed by atoms with van der Waals surface area (Å²) in [5.41, 5.74) is 1.53. The van der Waals surface area contributed by atoms with Crippen molar-refractivity contribution in [3.63, 3.8) is 0 Å². The second-order valence-corrected chi connectivity index (χ2v) is 4.48. The number of nitrogens with one attached hydrogen (secondary N) is 1. The summed E-state index contributed by atoms with van der Waals surface area (Å²) >= 11 is 6.14. The normalized spacial score (nSPS) is 12.7. The molecule has 1 atom stereocenters. The fourth-order valence-electron chi connectivity index (χ4n) is 1.90. The summed E-state index contributed by atoms with van der Waals surface area (Å²) in [6.45, 7) is 2.73. The highest BCUT2D eigenvalue weighted by atomic mass is 35.5. The van der Waals surface area contributed by atoms with Crippen molar-refractivity contribution in [1.82, 2.24) is 15.1 Å². The third-order valence-electron chi connectivity index (χ3n) is 2.71. The second-order valence-electron chi connectivity index (χ2n) is 4.07. The molecule has 0 saturated heterocycles. The maximum Gasteiger partial charge on any atom is 0.123 e. The molecule has 0 spiro atoms. The van der Waals surface area contributed by atoms with Gasteiger partial charge in [0.15, 0.2) is 0 Å². The Bertz CT molecular complexity index is 539. The lowest BCUT2D eigenvalue weighted by Crippen LogP contribution is -2.23. The Balaban J connectivity index is 2.44. The fraction of sp³-hybridized carbons (Fsp3) is 0.308. The van der Waals surface area contributed by atoms with Crippen LogP contribution in [-0.2, 0) is 7.05 Å². The molecule has 2 rings (SSSR count). The van der Waals surface area contributed by atoms with Crippen LogP contribution in [-0.4, -0.2) is 16.3 Å². The topological polar surface area (TPSA) is 29.9 Å². The van der Waals surface area contributed by atoms with E-state index < -0.39 is 0 Å². The number of rotatable bonds is 4. The van der Waals surface area contributed by atoms with Gasteiger partial charge in [-0.25, -0.2) is 4.39 Å². The molecule has 18 heavy (non-hydrogen) atoms. The molecule has 1 aromatic carbocycles. The van der Waals surface area contributed by atoms with E-state index in [2.05, 4.69) is 10.4 Å². The zero-order valence-corrected chi connectivity index (χ0v) is 11.1. The zero-order valence-electron chi connectivity index (χ0n) is 10.3. The number of aryl methyl sites for hydroxylation is 1. The number of aromatic nitrogens is 2. The Morgan fingerprint density at radius 3 is 2.83 bits per heavy atom. The molecule has 0 fully saturated rings. The minimum atomic E-state index is -0.298. The third-order valence-corrected chi connectivity index (χ3v) is 3.05. The molecule has 0 amide bonds. The van der Waals surface area contributed by atoms with Crippen LogP contribution in [0.5, 0.6) is 0 Å². The lowest BCUT2D eigenvalue weighted by molar-refractivity contribution is 0.586. The van der Waals surface area contributed by atoms with Gasteiger partial charge in [-0.15, -0.1) is 0 Å². The standard InChI is InChI=1S/C13H15ClFN3/c1-3-16-13(12-6-7-18(2)17-12)10-8-9(15)4-5-11(10)14/h4-8,13,16H,3H2,1-2H3. The first-order valence-corrected chi connectivity index (χ1v) is 6.17. The lowest BCUT2D eigenvalue weighted by atomic mass is 10.0. The van der Waals surface area contributed by atoms with E-state index in [-0.39, 0.29) is 11.9 Å². The fourth-order valence-corrected chi connectivity index (χ4v) is 2.13. The molecule has 0 bridgehead atoms. The van der Waals surface area contributed by atoms with Gasteiger partial charge < -0.3 is 5.32 Å². The van der Waals surface area contributed by atoms with Gasteiger partial charge in [0.1, 0.15) is 5.82 Å². The van der Waals surface area contributed by atoms with Crippen LogP contribution < -0.4 is 5.32 Å². The first-order valence-electron chi connectivity index (χ1n) is 5.79. The van der Waals surface area contributed by atoms with Gasteiger partial charge in [0, 0.05) is 18.3 Å². The van der Waals surface area contributed by atoms with Gasteiger partial charge >= 0.3 is 0 Å². The van der Waals surface area contributed by atoms with Gasteiger partial charge in [-0.05, 0) is 36.4 Å². The van der Waals surface area contributed by atoms with Gasteiger partial charge in [-0.3, -0.25) is 4.68 Å². The van der Waals surface area contributed by atoms with E-state index >= 15 is 0 Å². The summed E-state index contributed by atoms with van der Waals surface area (Å²) in [6, 6.07) is 6.07. The summed E-state index contributed by atoms with van der Waals surface area (Å²) in [4.78, 5) is 0. The van der Waals surface area contributed by atoms with Gasteiger partial charge in [0.25, 0.3) is 0 Å². The van der Waals surface area contributed by atoms with E-state index in [1.54, 1.807) is 10.7 Å². The summed E-state index contributed by atoms with van der Waals surface area (Å²) in [5.74, 6) is -0.298. The molecule has 0 aliphatic heterocycles. The summed E-state index contributed by atoms with van der Waals surface area (Å²) in [7, 11) is 1.85. The van der Waals surface area contributed by atoms with Crippen molar-refractivity contribution in [2.24, 2.45) is 7.05 Å². The predicted octanol–water partition coefficient (Wildman–Crippen LogP) is 2.91. The van der Waals surface area contributed by atoms with Crippen LogP contribution in [0.3, 0.4) is 0 Å². The van der Waals surface area contributed by atoms with E-state index in [0.29, 0.717) is 10.6 Å². The van der Waals surface area contributed by atoms with Gasteiger partial charge in [0.05, 0.1) is 11.7 Å². The van der Waals surface area contributed by atoms with Crippen molar-refractivity contribution in [3.05, 3.63) is 52.6 Å². The molecule has 0 radical (unpaired) electrons. The Hall–Kier alpha value is -1.39. The molecular formula is C13H15ClFN3. The van der Waals surface area contributed by atoms with Crippen molar-refractivity contribution in [3.8, 4) is 0 Å². The number of halogens is 2. The highest BCUT2D eigenvalue weighted by molar-refractivity contribution is 6.31. The van der Waals surface area contributed by atoms with E-state index in [0.717, 1.165) is 12.2 Å². The van der Waals surface area contributed by atoms with Crippen LogP contribution >= 0.6 is 11.6 Å². The van der Waals surface area contributed by atoms with Crippen LogP contribution in [0.25, 0.3) is 0 Å². The number of nitrogens with zero attached hydrogens (tertiary/aromatic N) is 2. The molecule has 0 aliphatic carbocycles. The Kier molecular flexibility index (Phi) is 3.99. The van der Waals surface area contributed by atoms with Crippen molar-refractivity contribution in [1.29, 1.82) is 0 Å². The predicted molar refractivity (Wildman–Crippen MR) is 70.1 cm³/mol. The number of hydrogen-bond acceptors (Lipinski definition) is 2. The SMILES string of the molecule is CCNC(c1ccn(C)n1)c1cc(F)ccc1Cl. The Morgan fingerprint density at radius 1 is 1.44 bits per heavy atom. The molecule has 0 saturated carbocycles. The second kappa shape index (κ2) is 5.50. The highest BCUT2D eigenvalue weighted by Crippen LogP contribution is 2.28. The molecule has 1 heterocycles. The maximum absolute atomic E-state index is 13.4. The molecule has 2 aromatic rings. The number of hydrogen-bond donors (Lipinski definition) is 1. The van der Waals surface area contributed by atoms with Crippen LogP contribution in [0.2, 0.25) is 5.02 Å². The van der Waals surface area contributed by atoms with Crippen molar-refractivity contribution < 1.29 is 4.39 Å². The molecule has 96 valence electrons. The highest BCUT2D eigenvalue weighted by Gasteiger charge is 2.19. The molecular weight excluding hydrogens is 253 g/mol. The van der Waals surface area contributed by atoms with E-state index in [9.17, 15) is 4.39 Å². The first-order chi connectivity index (χ1) is 8.61. The summed E-state index contributed by atoms with van der Waals surface area (Å²) in [6.07, 6.45) is 1.85. The quantitative estimate of drug-likeness (QED) is 0.923. The zero-order chi connectivity index (χ0) is 13.1. The van der Waals surface area contributed by atoms with Gasteiger partial charge in [-0.2, -0.15) is 5.10 Å². The van der Waals surface area contributed by atoms with Crippen LogP contribution in [0.4, 0.5) is 4.39 Å². The molecule has 3 nitrogen and oxygen atoms in total. The van der Waals surface area contributed by atoms with Crippen LogP contribution in [0, 0.1) is 5.82 Å². The average Bonchev–Trinajstić information content (AvgIpc) is 2.76. The first kappa shape index (κ1) is 13.1. The van der Waals surface area contributed by atoms with E-state index in [4.69, 9.17) is 11.6 Å². The number of benzene rings is 1. The lowest BCUT2D eigenvalue weighted by Gasteiger charge is -2.17. The van der Waals surface area contributed by atoms with Crippen LogP contribution in [0.15, 0.2) is 30.5 Å². The molecule has 1 unspecified atom stereocenters. The largest absolute Gasteiger partial charge is 0.305 e. The Morgan fingerprint density at radius 2 is 2.22 bits per heavy atom. The van der Waals surface area contributed by atoms with Crippen molar-refractivity contribution >= 4 is 11.6 Å². The van der Waals surface area contributed by atoms with Crippen molar-refractivity contribution in [2.45, 2.75) is 13.0 Å². The monoisotopic (exact) mass is 267 g/mol. The van der Waals surface area contributed by atoms with E-state index in [1.807, 2.05) is 26.2 Å². The third kappa shape index (κ3) is 2.71. The molecule has 5 heteroatoms. The summed E-state index contributed by atoms with van der Waals surface area (Å²) in [5, 5.41) is 8.15. The molecule has 1 aromatic heterocycles.